The minimum atomic E-state index is -0.475. The molecule has 5 nitrogen and oxygen atoms in total. The van der Waals surface area contributed by atoms with Crippen LogP contribution in [0, 0.1) is 0 Å². The van der Waals surface area contributed by atoms with E-state index in [4.69, 9.17) is 4.74 Å². The molecule has 2 aliphatic heterocycles. The van der Waals surface area contributed by atoms with E-state index < -0.39 is 5.60 Å². The Morgan fingerprint density at radius 1 is 1.50 bits per heavy atom. The summed E-state index contributed by atoms with van der Waals surface area (Å²) in [5.41, 5.74) is 0.540. The lowest BCUT2D eigenvalue weighted by Crippen LogP contribution is -2.48. The summed E-state index contributed by atoms with van der Waals surface area (Å²) in [6.45, 7) is 5.11. The molecule has 1 spiro atoms. The third-order valence-corrected chi connectivity index (χ3v) is 3.92. The summed E-state index contributed by atoms with van der Waals surface area (Å²) in [6.07, 6.45) is 2.99. The lowest BCUT2D eigenvalue weighted by Gasteiger charge is -2.43. The number of anilines is 1. The van der Waals surface area contributed by atoms with E-state index >= 15 is 0 Å². The van der Waals surface area contributed by atoms with Crippen molar-refractivity contribution in [2.45, 2.75) is 25.4 Å². The number of hydrogen-bond acceptors (Lipinski definition) is 4. The van der Waals surface area contributed by atoms with E-state index in [9.17, 15) is 4.79 Å². The number of rotatable bonds is 1. The van der Waals surface area contributed by atoms with Gasteiger partial charge in [0.25, 0.3) is 0 Å². The van der Waals surface area contributed by atoms with Crippen molar-refractivity contribution in [3.8, 4) is 0 Å². The topological polar surface area (TPSA) is 54.5 Å². The number of aromatic nitrogens is 1. The maximum atomic E-state index is 11.7. The fourth-order valence-electron chi connectivity index (χ4n) is 2.83. The van der Waals surface area contributed by atoms with Crippen molar-refractivity contribution < 1.29 is 9.53 Å². The van der Waals surface area contributed by atoms with E-state index in [0.29, 0.717) is 5.82 Å². The fraction of sp³-hybridized carbons (Fsp3) is 0.538. The molecule has 1 aromatic rings. The minimum absolute atomic E-state index is 0.383. The number of ether oxygens (including phenoxy) is 1. The molecule has 1 aromatic heterocycles. The van der Waals surface area contributed by atoms with Crippen LogP contribution in [0.25, 0.3) is 0 Å². The molecule has 5 heteroatoms. The highest BCUT2D eigenvalue weighted by Gasteiger charge is 2.44. The molecule has 0 saturated carbocycles. The van der Waals surface area contributed by atoms with Gasteiger partial charge in [0.2, 0.25) is 0 Å². The first kappa shape index (κ1) is 11.5. The monoisotopic (exact) mass is 247 g/mol. The lowest BCUT2D eigenvalue weighted by atomic mass is 9.83. The molecular weight excluding hydrogens is 230 g/mol. The van der Waals surface area contributed by atoms with E-state index in [1.54, 1.807) is 6.20 Å². The minimum Gasteiger partial charge on any atom is -0.438 e. The van der Waals surface area contributed by atoms with E-state index in [1.165, 1.54) is 0 Å². The van der Waals surface area contributed by atoms with Gasteiger partial charge in [-0.3, -0.25) is 5.32 Å². The summed E-state index contributed by atoms with van der Waals surface area (Å²) in [4.78, 5) is 18.3. The Balaban J connectivity index is 1.95. The van der Waals surface area contributed by atoms with Crippen molar-refractivity contribution >= 4 is 11.9 Å². The molecule has 2 aliphatic rings. The van der Waals surface area contributed by atoms with Crippen LogP contribution in [0.1, 0.15) is 25.3 Å². The number of likely N-dealkylation sites (tertiary alicyclic amines) is 1. The van der Waals surface area contributed by atoms with Crippen LogP contribution in [0.2, 0.25) is 0 Å². The van der Waals surface area contributed by atoms with Gasteiger partial charge in [0.05, 0.1) is 0 Å². The van der Waals surface area contributed by atoms with Crippen molar-refractivity contribution in [2.75, 3.05) is 25.0 Å². The molecule has 96 valence electrons. The number of piperidine rings is 1. The van der Waals surface area contributed by atoms with Crippen LogP contribution < -0.4 is 5.32 Å². The predicted octanol–water partition coefficient (Wildman–Crippen LogP) is 1.95. The van der Waals surface area contributed by atoms with Crippen LogP contribution >= 0.6 is 0 Å². The number of fused-ring (bicyclic) bond motifs is 2. The summed E-state index contributed by atoms with van der Waals surface area (Å²) >= 11 is 0. The second-order valence-corrected chi connectivity index (χ2v) is 4.84. The Kier molecular flexibility index (Phi) is 2.70. The molecule has 0 unspecified atom stereocenters. The number of carbonyl (C=O) groups is 1. The molecule has 1 amide bonds. The highest BCUT2D eigenvalue weighted by atomic mass is 16.6. The molecule has 3 heterocycles. The average Bonchev–Trinajstić information content (AvgIpc) is 2.39. The predicted molar refractivity (Wildman–Crippen MR) is 67.4 cm³/mol. The van der Waals surface area contributed by atoms with Crippen LogP contribution in [-0.2, 0) is 10.3 Å². The van der Waals surface area contributed by atoms with Gasteiger partial charge >= 0.3 is 6.09 Å². The van der Waals surface area contributed by atoms with Gasteiger partial charge < -0.3 is 9.64 Å². The molecule has 1 N–H and O–H groups in total. The Morgan fingerprint density at radius 3 is 3.00 bits per heavy atom. The van der Waals surface area contributed by atoms with Gasteiger partial charge in [-0.2, -0.15) is 0 Å². The first-order valence-electron chi connectivity index (χ1n) is 6.41. The number of carbonyl (C=O) groups excluding carboxylic acids is 1. The van der Waals surface area contributed by atoms with Gasteiger partial charge in [-0.05, 0) is 18.7 Å². The van der Waals surface area contributed by atoms with E-state index in [2.05, 4.69) is 22.1 Å². The van der Waals surface area contributed by atoms with Crippen molar-refractivity contribution in [1.29, 1.82) is 0 Å². The Hall–Kier alpha value is -1.62. The van der Waals surface area contributed by atoms with Crippen molar-refractivity contribution in [2.24, 2.45) is 0 Å². The molecule has 1 saturated heterocycles. The normalized spacial score (nSPS) is 22.2. The smallest absolute Gasteiger partial charge is 0.413 e. The van der Waals surface area contributed by atoms with E-state index in [1.807, 2.05) is 12.1 Å². The Morgan fingerprint density at radius 2 is 2.28 bits per heavy atom. The van der Waals surface area contributed by atoms with Gasteiger partial charge in [-0.25, -0.2) is 9.78 Å². The van der Waals surface area contributed by atoms with E-state index in [-0.39, 0.29) is 6.09 Å². The molecule has 3 rings (SSSR count). The highest BCUT2D eigenvalue weighted by molar-refractivity contribution is 5.87. The quantitative estimate of drug-likeness (QED) is 0.824. The van der Waals surface area contributed by atoms with Crippen LogP contribution in [-0.4, -0.2) is 35.6 Å². The van der Waals surface area contributed by atoms with Crippen LogP contribution in [0.15, 0.2) is 18.3 Å². The second-order valence-electron chi connectivity index (χ2n) is 4.84. The molecule has 0 aliphatic carbocycles. The zero-order chi connectivity index (χ0) is 12.6. The summed E-state index contributed by atoms with van der Waals surface area (Å²) in [7, 11) is 0. The third kappa shape index (κ3) is 1.75. The standard InChI is InChI=1S/C13H17N3O2/c1-2-16-8-5-13(6-9-16)10-4-3-7-14-11(10)15-12(17)18-13/h3-4,7H,2,5-6,8-9H2,1H3,(H,14,15,17). The third-order valence-electron chi connectivity index (χ3n) is 3.92. The zero-order valence-corrected chi connectivity index (χ0v) is 10.5. The number of amides is 1. The maximum absolute atomic E-state index is 11.7. The summed E-state index contributed by atoms with van der Waals surface area (Å²) in [6, 6.07) is 3.90. The molecular formula is C13H17N3O2. The molecule has 0 radical (unpaired) electrons. The second kappa shape index (κ2) is 4.24. The number of nitrogens with zero attached hydrogens (tertiary/aromatic N) is 2. The van der Waals surface area contributed by atoms with E-state index in [0.717, 1.165) is 38.0 Å². The summed E-state index contributed by atoms with van der Waals surface area (Å²) in [5, 5.41) is 2.67. The molecule has 0 bridgehead atoms. The summed E-state index contributed by atoms with van der Waals surface area (Å²) in [5.74, 6) is 0.652. The first-order chi connectivity index (χ1) is 8.73. The number of hydrogen-bond donors (Lipinski definition) is 1. The van der Waals surface area contributed by atoms with Crippen molar-refractivity contribution in [3.05, 3.63) is 23.9 Å². The SMILES string of the molecule is CCN1CCC2(CC1)OC(=O)Nc1ncccc12. The molecule has 0 atom stereocenters. The van der Waals surface area contributed by atoms with Gasteiger partial charge in [-0.1, -0.05) is 6.92 Å². The Bertz CT molecular complexity index is 467. The molecule has 18 heavy (non-hydrogen) atoms. The zero-order valence-electron chi connectivity index (χ0n) is 10.5. The number of nitrogens with one attached hydrogen (secondary N) is 1. The maximum Gasteiger partial charge on any atom is 0.413 e. The van der Waals surface area contributed by atoms with Gasteiger partial charge in [0, 0.05) is 37.7 Å². The van der Waals surface area contributed by atoms with Gasteiger partial charge in [0.1, 0.15) is 11.4 Å². The average molecular weight is 247 g/mol. The molecule has 0 aromatic carbocycles. The Labute approximate surface area is 106 Å². The van der Waals surface area contributed by atoms with Gasteiger partial charge in [-0.15, -0.1) is 0 Å². The van der Waals surface area contributed by atoms with Gasteiger partial charge in [0.15, 0.2) is 0 Å². The summed E-state index contributed by atoms with van der Waals surface area (Å²) < 4.78 is 5.62. The lowest BCUT2D eigenvalue weighted by molar-refractivity contribution is -0.0372. The number of pyridine rings is 1. The largest absolute Gasteiger partial charge is 0.438 e. The fourth-order valence-corrected chi connectivity index (χ4v) is 2.83. The van der Waals surface area contributed by atoms with Crippen LogP contribution in [0.3, 0.4) is 0 Å². The van der Waals surface area contributed by atoms with Crippen molar-refractivity contribution in [1.82, 2.24) is 9.88 Å². The highest BCUT2D eigenvalue weighted by Crippen LogP contribution is 2.42. The van der Waals surface area contributed by atoms with Crippen LogP contribution in [0.5, 0.6) is 0 Å². The van der Waals surface area contributed by atoms with Crippen molar-refractivity contribution in [3.63, 3.8) is 0 Å². The molecule has 1 fully saturated rings. The van der Waals surface area contributed by atoms with Crippen LogP contribution in [0.4, 0.5) is 10.6 Å². The first-order valence-corrected chi connectivity index (χ1v) is 6.41.